The zero-order valence-corrected chi connectivity index (χ0v) is 57.5. The molecule has 13 rings (SSSR count). The van der Waals surface area contributed by atoms with Gasteiger partial charge in [0.25, 0.3) is 40.1 Å². The highest BCUT2D eigenvalue weighted by molar-refractivity contribution is 7.93. The summed E-state index contributed by atoms with van der Waals surface area (Å²) < 4.78 is 115. The van der Waals surface area contributed by atoms with E-state index in [0.29, 0.717) is 0 Å². The summed E-state index contributed by atoms with van der Waals surface area (Å²) in [7, 11) is -16.1. The maximum Gasteiger partial charge on any atom is 0.263 e. The molecule has 8 bridgehead atoms. The fraction of sp³-hybridized carbons (Fsp3) is 0.0625. The van der Waals surface area contributed by atoms with E-state index in [-0.39, 0.29) is 179 Å². The van der Waals surface area contributed by atoms with Crippen LogP contribution < -0.4 is 18.9 Å². The number of rotatable bonds is 20. The van der Waals surface area contributed by atoms with Gasteiger partial charge in [0.1, 0.15) is 23.0 Å². The zero-order chi connectivity index (χ0) is 69.8. The molecule has 4 heterocycles. The number of hydrogen-bond acceptors (Lipinski definition) is 28. The van der Waals surface area contributed by atoms with Crippen LogP contribution in [0, 0.1) is 0 Å². The molecule has 4 aromatic heterocycles. The van der Waals surface area contributed by atoms with E-state index in [1.165, 1.54) is 170 Å². The van der Waals surface area contributed by atoms with Crippen LogP contribution in [0.15, 0.2) is 252 Å². The van der Waals surface area contributed by atoms with Crippen LogP contribution in [0.3, 0.4) is 0 Å². The van der Waals surface area contributed by atoms with Gasteiger partial charge in [-0.15, -0.1) is 45.3 Å². The maximum absolute atomic E-state index is 13.2. The molecule has 0 aliphatic heterocycles. The Morgan fingerprint density at radius 2 is 0.440 bits per heavy atom. The zero-order valence-electron chi connectivity index (χ0n) is 51.0. The van der Waals surface area contributed by atoms with E-state index in [1.54, 1.807) is 21.5 Å². The number of nitrogens with one attached hydrogen (secondary N) is 4. The number of azo groups is 4. The van der Waals surface area contributed by atoms with Gasteiger partial charge in [-0.3, -0.25) is 18.9 Å². The second-order valence-electron chi connectivity index (χ2n) is 21.7. The maximum atomic E-state index is 13.2. The van der Waals surface area contributed by atoms with Gasteiger partial charge in [0.15, 0.2) is 20.5 Å². The summed E-state index contributed by atoms with van der Waals surface area (Å²) in [6, 6.07) is 34.5. The van der Waals surface area contributed by atoms with Gasteiger partial charge >= 0.3 is 0 Å². The third kappa shape index (κ3) is 15.9. The summed E-state index contributed by atoms with van der Waals surface area (Å²) in [6.07, 6.45) is 4.91. The molecule has 0 saturated heterocycles. The molecule has 100 heavy (non-hydrogen) atoms. The molecule has 8 aromatic carbocycles. The Morgan fingerprint density at radius 1 is 0.270 bits per heavy atom. The lowest BCUT2D eigenvalue weighted by molar-refractivity contribution is 0.450. The largest absolute Gasteiger partial charge is 0.507 e. The van der Waals surface area contributed by atoms with E-state index in [9.17, 15) is 54.1 Å². The minimum absolute atomic E-state index is 0.0726. The van der Waals surface area contributed by atoms with E-state index in [4.69, 9.17) is 0 Å². The first kappa shape index (κ1) is 67.4. The van der Waals surface area contributed by atoms with E-state index >= 15 is 0 Å². The standard InChI is InChI=1S/C64H48N16O12S8/c81-57-37-25-39-31-50(74-70-46-3-11-54(12-4-46)98(87,88)78-62-66-18-22-94-62)33-41(58(39)82)27-43-35-52(76-72-48-7-15-56(16-8-48)100(91,92)80-64-68-20-24-96-64)36-44(60(43)84)28-42-34-51(75-71-47-5-13-55(14-6-47)99(89,90)79-63-67-19-23-95-63)32-40(59(42)83)26-38(57)30-49(29-37)73-69-45-1-9-53(10-2-45)97(85,86)77-61-65-17-21-93-61/h1-24,29-36,81-84H,25-28H2,(H,65,77)(H,66,78)(H,67,79)(H,68,80). The van der Waals surface area contributed by atoms with E-state index in [1.807, 2.05) is 0 Å². The van der Waals surface area contributed by atoms with Crippen LogP contribution in [-0.2, 0) is 65.8 Å². The number of thiazole rings is 4. The van der Waals surface area contributed by atoms with Crippen LogP contribution in [-0.4, -0.2) is 74.0 Å². The van der Waals surface area contributed by atoms with Crippen molar-refractivity contribution in [3.8, 4) is 23.0 Å². The van der Waals surface area contributed by atoms with Crippen molar-refractivity contribution in [2.75, 3.05) is 18.9 Å². The number of hydrogen-bond donors (Lipinski definition) is 8. The molecule has 8 N–H and O–H groups in total. The Balaban J connectivity index is 0.911. The summed E-state index contributed by atoms with van der Waals surface area (Å²) in [5.41, 5.74) is 3.12. The Bertz CT molecular complexity index is 4850. The predicted octanol–water partition coefficient (Wildman–Crippen LogP) is 15.9. The van der Waals surface area contributed by atoms with Crippen LogP contribution in [0.25, 0.3) is 0 Å². The Morgan fingerprint density at radius 3 is 0.600 bits per heavy atom. The van der Waals surface area contributed by atoms with Gasteiger partial charge in [-0.25, -0.2) is 53.6 Å². The summed E-state index contributed by atoms with van der Waals surface area (Å²) in [5, 5.41) is 93.0. The average molecular weight is 1490 g/mol. The Labute approximate surface area is 585 Å². The molecular weight excluding hydrogens is 1440 g/mol. The van der Waals surface area contributed by atoms with Gasteiger partial charge in [-0.05, 0) is 146 Å². The molecule has 12 aromatic rings. The van der Waals surface area contributed by atoms with Gasteiger partial charge in [-0.2, -0.15) is 40.9 Å². The molecule has 36 heteroatoms. The number of phenols is 4. The molecule has 504 valence electrons. The minimum atomic E-state index is -4.02. The highest BCUT2D eigenvalue weighted by Crippen LogP contribution is 2.44. The van der Waals surface area contributed by atoms with Gasteiger partial charge in [0.2, 0.25) is 0 Å². The predicted molar refractivity (Wildman–Crippen MR) is 378 cm³/mol. The lowest BCUT2D eigenvalue weighted by Crippen LogP contribution is -2.12. The number of anilines is 4. The molecule has 0 fully saturated rings. The molecule has 1 aliphatic rings. The normalized spacial score (nSPS) is 13.0. The van der Waals surface area contributed by atoms with Crippen molar-refractivity contribution in [2.24, 2.45) is 40.9 Å². The van der Waals surface area contributed by atoms with E-state index in [2.05, 4.69) is 79.7 Å². The molecule has 0 saturated carbocycles. The fourth-order valence-electron chi connectivity index (χ4n) is 10.1. The smallest absolute Gasteiger partial charge is 0.263 e. The van der Waals surface area contributed by atoms with Gasteiger partial charge < -0.3 is 20.4 Å². The van der Waals surface area contributed by atoms with Crippen molar-refractivity contribution in [3.05, 3.63) is 236 Å². The van der Waals surface area contributed by atoms with E-state index in [0.717, 1.165) is 45.3 Å². The number of aromatic hydroxyl groups is 4. The monoisotopic (exact) mass is 1490 g/mol. The molecule has 0 radical (unpaired) electrons. The lowest BCUT2D eigenvalue weighted by Gasteiger charge is -2.18. The second kappa shape index (κ2) is 28.4. The number of fused-ring (bicyclic) bond motifs is 8. The Hall–Kier alpha value is -11.1. The van der Waals surface area contributed by atoms with Gasteiger partial charge in [0, 0.05) is 116 Å². The first-order valence-corrected chi connectivity index (χ1v) is 38.7. The van der Waals surface area contributed by atoms with Crippen LogP contribution in [0.4, 0.5) is 66.0 Å². The second-order valence-corrected chi connectivity index (χ2v) is 32.0. The number of phenolic OH excluding ortho intramolecular Hbond substituents is 4. The summed E-state index contributed by atoms with van der Waals surface area (Å²) in [4.78, 5) is 15.7. The first-order chi connectivity index (χ1) is 48.0. The number of benzene rings is 8. The van der Waals surface area contributed by atoms with Crippen LogP contribution in [0.2, 0.25) is 0 Å². The van der Waals surface area contributed by atoms with Crippen molar-refractivity contribution < 1.29 is 54.1 Å². The molecular formula is C64H48N16O12S8. The Kier molecular flexibility index (Phi) is 19.1. The van der Waals surface area contributed by atoms with Crippen molar-refractivity contribution in [1.82, 2.24) is 19.9 Å². The lowest BCUT2D eigenvalue weighted by atomic mass is 9.90. The average Bonchev–Trinajstić information content (AvgIpc) is 0.953. The van der Waals surface area contributed by atoms with Crippen molar-refractivity contribution >= 4 is 151 Å². The van der Waals surface area contributed by atoms with Crippen LogP contribution in [0.1, 0.15) is 44.5 Å². The van der Waals surface area contributed by atoms with Crippen molar-refractivity contribution in [3.63, 3.8) is 0 Å². The first-order valence-electron chi connectivity index (χ1n) is 29.2. The third-order valence-corrected chi connectivity index (χ3v) is 23.6. The van der Waals surface area contributed by atoms with E-state index < -0.39 is 40.1 Å². The molecule has 0 atom stereocenters. The molecule has 0 spiro atoms. The summed E-state index contributed by atoms with van der Waals surface area (Å²) in [5.74, 6) is -1.13. The quantitative estimate of drug-likeness (QED) is 0.0329. The number of sulfonamides is 4. The number of aromatic nitrogens is 4. The van der Waals surface area contributed by atoms with Gasteiger partial charge in [-0.1, -0.05) is 0 Å². The molecule has 28 nitrogen and oxygen atoms in total. The van der Waals surface area contributed by atoms with Crippen molar-refractivity contribution in [1.29, 1.82) is 0 Å². The summed E-state index contributed by atoms with van der Waals surface area (Å²) >= 11 is 4.43. The van der Waals surface area contributed by atoms with Crippen molar-refractivity contribution in [2.45, 2.75) is 45.3 Å². The van der Waals surface area contributed by atoms with Crippen LogP contribution >= 0.6 is 45.3 Å². The minimum Gasteiger partial charge on any atom is -0.507 e. The third-order valence-electron chi connectivity index (χ3n) is 14.9. The topological polar surface area (TPSA) is 416 Å². The molecule has 0 unspecified atom stereocenters. The molecule has 0 amide bonds. The SMILES string of the molecule is O=S(=O)(Nc1nccs1)c1ccc(N=Nc2cc3c(O)c(c2)Cc2cc(N=Nc4ccc(S(=O)(=O)Nc5nccs5)cc4)cc(c2O)Cc2cc(N=Nc4ccc(S(=O)(=O)Nc5nccs5)cc4)cc(c2O)Cc2cc(N=Nc4ccc(S(=O)(=O)Nc5nccs5)cc4)cc(c2O)C3)cc1. The number of nitrogens with zero attached hydrogens (tertiary/aromatic N) is 12. The molecule has 1 aliphatic carbocycles. The summed E-state index contributed by atoms with van der Waals surface area (Å²) in [6.45, 7) is 0. The highest BCUT2D eigenvalue weighted by atomic mass is 32.2. The fourth-order valence-corrected chi connectivity index (χ4v) is 17.3. The van der Waals surface area contributed by atoms with Crippen LogP contribution in [0.5, 0.6) is 23.0 Å². The van der Waals surface area contributed by atoms with Gasteiger partial charge in [0.05, 0.1) is 65.1 Å². The highest BCUT2D eigenvalue weighted by Gasteiger charge is 2.25.